The van der Waals surface area contributed by atoms with Crippen molar-refractivity contribution in [1.82, 2.24) is 4.90 Å². The van der Waals surface area contributed by atoms with Crippen LogP contribution in [-0.4, -0.2) is 18.0 Å². The highest BCUT2D eigenvalue weighted by Crippen LogP contribution is 2.34. The molecule has 2 rings (SSSR count). The van der Waals surface area contributed by atoms with Crippen LogP contribution in [0.25, 0.3) is 0 Å². The third kappa shape index (κ3) is 3.58. The summed E-state index contributed by atoms with van der Waals surface area (Å²) in [5.41, 5.74) is 3.29. The van der Waals surface area contributed by atoms with Crippen LogP contribution in [0.4, 0.5) is 0 Å². The Balaban J connectivity index is 1.85. The maximum absolute atomic E-state index is 2.60. The minimum atomic E-state index is 0.482. The number of nitrogens with zero attached hydrogens (tertiary/aromatic N) is 1. The molecule has 1 heteroatoms. The molecule has 1 saturated heterocycles. The van der Waals surface area contributed by atoms with Gasteiger partial charge in [0.25, 0.3) is 0 Å². The Morgan fingerprint density at radius 1 is 1.06 bits per heavy atom. The Morgan fingerprint density at radius 2 is 1.61 bits per heavy atom. The van der Waals surface area contributed by atoms with Gasteiger partial charge in [-0.1, -0.05) is 50.6 Å². The van der Waals surface area contributed by atoms with Gasteiger partial charge in [0.05, 0.1) is 0 Å². The van der Waals surface area contributed by atoms with Gasteiger partial charge in [-0.2, -0.15) is 0 Å². The van der Waals surface area contributed by atoms with Crippen molar-refractivity contribution in [2.24, 2.45) is 11.3 Å². The SMILES string of the molecule is Cc1ccc(CN2CCC(C(C)(C)C)CC2)cc1. The molecule has 1 aliphatic rings. The number of rotatable bonds is 2. The number of piperidine rings is 1. The van der Waals surface area contributed by atoms with Crippen molar-refractivity contribution in [1.29, 1.82) is 0 Å². The fraction of sp³-hybridized carbons (Fsp3) is 0.647. The van der Waals surface area contributed by atoms with Gasteiger partial charge in [0.1, 0.15) is 0 Å². The average Bonchev–Trinajstić information content (AvgIpc) is 2.32. The molecule has 0 atom stereocenters. The first kappa shape index (κ1) is 13.6. The van der Waals surface area contributed by atoms with E-state index in [2.05, 4.69) is 56.9 Å². The first-order valence-corrected chi connectivity index (χ1v) is 7.23. The number of hydrogen-bond donors (Lipinski definition) is 0. The predicted molar refractivity (Wildman–Crippen MR) is 78.6 cm³/mol. The summed E-state index contributed by atoms with van der Waals surface area (Å²) in [6.45, 7) is 12.9. The highest BCUT2D eigenvalue weighted by atomic mass is 15.1. The maximum Gasteiger partial charge on any atom is 0.0233 e. The molecule has 1 nitrogen and oxygen atoms in total. The molecule has 1 heterocycles. The molecule has 1 fully saturated rings. The second kappa shape index (κ2) is 5.44. The quantitative estimate of drug-likeness (QED) is 0.753. The molecular formula is C17H27N. The molecular weight excluding hydrogens is 218 g/mol. The van der Waals surface area contributed by atoms with Gasteiger partial charge in [0, 0.05) is 6.54 Å². The highest BCUT2D eigenvalue weighted by Gasteiger charge is 2.28. The summed E-state index contributed by atoms with van der Waals surface area (Å²) in [7, 11) is 0. The standard InChI is InChI=1S/C17H27N/c1-14-5-7-15(8-6-14)13-18-11-9-16(10-12-18)17(2,3)4/h5-8,16H,9-13H2,1-4H3. The summed E-state index contributed by atoms with van der Waals surface area (Å²) in [4.78, 5) is 2.60. The first-order chi connectivity index (χ1) is 8.45. The van der Waals surface area contributed by atoms with Gasteiger partial charge in [-0.3, -0.25) is 4.90 Å². The lowest BCUT2D eigenvalue weighted by Crippen LogP contribution is -2.37. The lowest BCUT2D eigenvalue weighted by Gasteiger charge is -2.38. The molecule has 0 bridgehead atoms. The smallest absolute Gasteiger partial charge is 0.0233 e. The van der Waals surface area contributed by atoms with Crippen molar-refractivity contribution < 1.29 is 0 Å². The average molecular weight is 245 g/mol. The van der Waals surface area contributed by atoms with Crippen molar-refractivity contribution in [3.05, 3.63) is 35.4 Å². The second-order valence-corrected chi connectivity index (χ2v) is 6.90. The second-order valence-electron chi connectivity index (χ2n) is 6.90. The van der Waals surface area contributed by atoms with E-state index >= 15 is 0 Å². The van der Waals surface area contributed by atoms with E-state index < -0.39 is 0 Å². The molecule has 1 aromatic carbocycles. The van der Waals surface area contributed by atoms with Crippen molar-refractivity contribution in [2.45, 2.75) is 47.1 Å². The van der Waals surface area contributed by atoms with E-state index in [1.807, 2.05) is 0 Å². The minimum absolute atomic E-state index is 0.482. The molecule has 0 radical (unpaired) electrons. The molecule has 18 heavy (non-hydrogen) atoms. The number of benzene rings is 1. The van der Waals surface area contributed by atoms with Crippen LogP contribution in [-0.2, 0) is 6.54 Å². The van der Waals surface area contributed by atoms with Crippen LogP contribution in [0.3, 0.4) is 0 Å². The Kier molecular flexibility index (Phi) is 4.11. The van der Waals surface area contributed by atoms with Crippen molar-refractivity contribution in [2.75, 3.05) is 13.1 Å². The first-order valence-electron chi connectivity index (χ1n) is 7.23. The van der Waals surface area contributed by atoms with E-state index in [4.69, 9.17) is 0 Å². The van der Waals surface area contributed by atoms with E-state index in [1.165, 1.54) is 37.1 Å². The lowest BCUT2D eigenvalue weighted by molar-refractivity contribution is 0.108. The molecule has 100 valence electrons. The van der Waals surface area contributed by atoms with Crippen LogP contribution in [0.2, 0.25) is 0 Å². The van der Waals surface area contributed by atoms with Crippen molar-refractivity contribution in [3.8, 4) is 0 Å². The Bertz CT molecular complexity index is 364. The number of likely N-dealkylation sites (tertiary alicyclic amines) is 1. The van der Waals surface area contributed by atoms with Crippen LogP contribution < -0.4 is 0 Å². The molecule has 0 saturated carbocycles. The largest absolute Gasteiger partial charge is 0.299 e. The summed E-state index contributed by atoms with van der Waals surface area (Å²) in [5.74, 6) is 0.895. The molecule has 0 N–H and O–H groups in total. The van der Waals surface area contributed by atoms with E-state index in [0.29, 0.717) is 5.41 Å². The Morgan fingerprint density at radius 3 is 2.11 bits per heavy atom. The van der Waals surface area contributed by atoms with Crippen molar-refractivity contribution in [3.63, 3.8) is 0 Å². The highest BCUT2D eigenvalue weighted by molar-refractivity contribution is 5.21. The molecule has 0 amide bonds. The fourth-order valence-electron chi connectivity index (χ4n) is 2.91. The van der Waals surface area contributed by atoms with Crippen molar-refractivity contribution >= 4 is 0 Å². The van der Waals surface area contributed by atoms with Crippen LogP contribution >= 0.6 is 0 Å². The summed E-state index contributed by atoms with van der Waals surface area (Å²) >= 11 is 0. The molecule has 0 unspecified atom stereocenters. The minimum Gasteiger partial charge on any atom is -0.299 e. The van der Waals surface area contributed by atoms with Gasteiger partial charge in [0.15, 0.2) is 0 Å². The zero-order chi connectivity index (χ0) is 13.2. The van der Waals surface area contributed by atoms with E-state index in [0.717, 1.165) is 12.5 Å². The van der Waals surface area contributed by atoms with E-state index in [9.17, 15) is 0 Å². The Hall–Kier alpha value is -0.820. The normalized spacial score (nSPS) is 19.1. The van der Waals surface area contributed by atoms with Crippen LogP contribution in [0.5, 0.6) is 0 Å². The van der Waals surface area contributed by atoms with E-state index in [-0.39, 0.29) is 0 Å². The zero-order valence-corrected chi connectivity index (χ0v) is 12.4. The monoisotopic (exact) mass is 245 g/mol. The summed E-state index contributed by atoms with van der Waals surface area (Å²) < 4.78 is 0. The fourth-order valence-corrected chi connectivity index (χ4v) is 2.91. The van der Waals surface area contributed by atoms with Gasteiger partial charge in [-0.05, 0) is 49.8 Å². The Labute approximate surface area is 112 Å². The number of hydrogen-bond acceptors (Lipinski definition) is 1. The number of aryl methyl sites for hydroxylation is 1. The van der Waals surface area contributed by atoms with Gasteiger partial charge in [-0.15, -0.1) is 0 Å². The van der Waals surface area contributed by atoms with Crippen LogP contribution in [0, 0.1) is 18.3 Å². The lowest BCUT2D eigenvalue weighted by atomic mass is 9.75. The molecule has 1 aliphatic heterocycles. The van der Waals surface area contributed by atoms with Gasteiger partial charge < -0.3 is 0 Å². The predicted octanol–water partition coefficient (Wildman–Crippen LogP) is 4.25. The summed E-state index contributed by atoms with van der Waals surface area (Å²) in [5, 5.41) is 0. The summed E-state index contributed by atoms with van der Waals surface area (Å²) in [6.07, 6.45) is 2.71. The summed E-state index contributed by atoms with van der Waals surface area (Å²) in [6, 6.07) is 8.98. The third-order valence-corrected chi connectivity index (χ3v) is 4.34. The third-order valence-electron chi connectivity index (χ3n) is 4.34. The van der Waals surface area contributed by atoms with Crippen LogP contribution in [0.15, 0.2) is 24.3 Å². The molecule has 0 aromatic heterocycles. The molecule has 0 spiro atoms. The van der Waals surface area contributed by atoms with Gasteiger partial charge in [0.2, 0.25) is 0 Å². The maximum atomic E-state index is 2.60. The van der Waals surface area contributed by atoms with E-state index in [1.54, 1.807) is 0 Å². The zero-order valence-electron chi connectivity index (χ0n) is 12.4. The topological polar surface area (TPSA) is 3.24 Å². The van der Waals surface area contributed by atoms with Crippen LogP contribution in [0.1, 0.15) is 44.7 Å². The molecule has 1 aromatic rings. The molecule has 0 aliphatic carbocycles. The van der Waals surface area contributed by atoms with Gasteiger partial charge in [-0.25, -0.2) is 0 Å². The van der Waals surface area contributed by atoms with Gasteiger partial charge >= 0.3 is 0 Å².